The molecule has 2 aliphatic heterocycles. The summed E-state index contributed by atoms with van der Waals surface area (Å²) in [7, 11) is -1.81. The second-order valence-electron chi connectivity index (χ2n) is 11.8. The van der Waals surface area contributed by atoms with Crippen LogP contribution in [0, 0.1) is 5.92 Å². The lowest BCUT2D eigenvalue weighted by Crippen LogP contribution is -2.69. The molecule has 2 fully saturated rings. The van der Waals surface area contributed by atoms with E-state index in [0.717, 1.165) is 67.6 Å². The van der Waals surface area contributed by atoms with Crippen LogP contribution in [-0.4, -0.2) is 61.1 Å². The molecule has 4 aliphatic rings. The molecule has 0 unspecified atom stereocenters. The summed E-state index contributed by atoms with van der Waals surface area (Å²) in [5.41, 5.74) is 4.04. The van der Waals surface area contributed by atoms with Gasteiger partial charge in [-0.1, -0.05) is 60.7 Å². The fraction of sp³-hybridized carbons (Fsp3) is 0.438. The van der Waals surface area contributed by atoms with Crippen molar-refractivity contribution < 1.29 is 18.3 Å². The highest BCUT2D eigenvalue weighted by Gasteiger charge is 2.66. The summed E-state index contributed by atoms with van der Waals surface area (Å²) in [5, 5.41) is 11.0. The highest BCUT2D eigenvalue weighted by atomic mass is 32.2. The number of rotatable bonds is 7. The van der Waals surface area contributed by atoms with Gasteiger partial charge in [-0.25, -0.2) is 8.42 Å². The smallest absolute Gasteiger partial charge is 0.218 e. The third kappa shape index (κ3) is 3.92. The summed E-state index contributed by atoms with van der Waals surface area (Å²) in [6.45, 7) is 1.94. The van der Waals surface area contributed by atoms with Crippen LogP contribution in [0.5, 0.6) is 11.5 Å². The standard InChI is InChI=1S/C32H36N2O4S/c1-33(39(36,37)21-23-10-6-3-7-11-23)26-13-12-25-27-20-24-28(35)14-15-29-30(24)32(25,31(26)38-29)17-19-34(27)18-16-22-8-4-2-5-9-22/h2-11,14-15,25-27,31,35H,12-13,16-21H2,1H3/t25-,26-,27+,31-,32-/m0/s1. The van der Waals surface area contributed by atoms with Crippen molar-refractivity contribution in [2.24, 2.45) is 5.92 Å². The van der Waals surface area contributed by atoms with Gasteiger partial charge in [-0.3, -0.25) is 4.90 Å². The van der Waals surface area contributed by atoms with Crippen LogP contribution in [0.3, 0.4) is 0 Å². The number of hydrogen-bond donors (Lipinski definition) is 1. The van der Waals surface area contributed by atoms with Crippen molar-refractivity contribution in [1.29, 1.82) is 0 Å². The lowest BCUT2D eigenvalue weighted by atomic mass is 9.51. The van der Waals surface area contributed by atoms with E-state index >= 15 is 0 Å². The minimum Gasteiger partial charge on any atom is -0.508 e. The second kappa shape index (κ2) is 9.36. The Kier molecular flexibility index (Phi) is 6.03. The molecule has 0 radical (unpaired) electrons. The first-order valence-electron chi connectivity index (χ1n) is 14.2. The number of benzene rings is 3. The van der Waals surface area contributed by atoms with Crippen LogP contribution in [0.1, 0.15) is 41.5 Å². The molecular weight excluding hydrogens is 508 g/mol. The molecule has 204 valence electrons. The van der Waals surface area contributed by atoms with E-state index in [1.54, 1.807) is 17.4 Å². The number of ether oxygens (including phenoxy) is 1. The van der Waals surface area contributed by atoms with Crippen LogP contribution in [0.4, 0.5) is 0 Å². The lowest BCUT2D eigenvalue weighted by molar-refractivity contribution is -0.0740. The Balaban J connectivity index is 1.22. The topological polar surface area (TPSA) is 70.1 Å². The zero-order chi connectivity index (χ0) is 26.8. The third-order valence-corrected chi connectivity index (χ3v) is 11.9. The maximum absolute atomic E-state index is 13.6. The minimum atomic E-state index is -3.54. The Hall–Kier alpha value is -2.87. The predicted molar refractivity (Wildman–Crippen MR) is 151 cm³/mol. The summed E-state index contributed by atoms with van der Waals surface area (Å²) >= 11 is 0. The first-order chi connectivity index (χ1) is 18.9. The van der Waals surface area contributed by atoms with Crippen molar-refractivity contribution in [3.05, 3.63) is 95.1 Å². The molecule has 39 heavy (non-hydrogen) atoms. The number of hydrogen-bond acceptors (Lipinski definition) is 5. The minimum absolute atomic E-state index is 0.0150. The summed E-state index contributed by atoms with van der Waals surface area (Å²) in [6.07, 6.45) is 4.22. The molecule has 1 saturated carbocycles. The van der Waals surface area contributed by atoms with E-state index < -0.39 is 10.0 Å². The molecule has 2 bridgehead atoms. The number of phenolic OH excluding ortho intramolecular Hbond substituents is 1. The molecule has 1 saturated heterocycles. The van der Waals surface area contributed by atoms with Gasteiger partial charge in [0.1, 0.15) is 17.6 Å². The lowest BCUT2D eigenvalue weighted by Gasteiger charge is -2.60. The van der Waals surface area contributed by atoms with Gasteiger partial charge < -0.3 is 9.84 Å². The van der Waals surface area contributed by atoms with Crippen LogP contribution >= 0.6 is 0 Å². The van der Waals surface area contributed by atoms with Crippen LogP contribution in [0.25, 0.3) is 0 Å². The molecule has 5 atom stereocenters. The van der Waals surface area contributed by atoms with Gasteiger partial charge >= 0.3 is 0 Å². The van der Waals surface area contributed by atoms with Gasteiger partial charge in [0, 0.05) is 36.2 Å². The van der Waals surface area contributed by atoms with Crippen molar-refractivity contribution in [2.75, 3.05) is 20.1 Å². The van der Waals surface area contributed by atoms with Crippen LogP contribution in [-0.2, 0) is 34.0 Å². The van der Waals surface area contributed by atoms with Gasteiger partial charge in [0.2, 0.25) is 10.0 Å². The van der Waals surface area contributed by atoms with E-state index in [4.69, 9.17) is 4.74 Å². The molecule has 7 heteroatoms. The fourth-order valence-electron chi connectivity index (χ4n) is 8.27. The number of aromatic hydroxyl groups is 1. The van der Waals surface area contributed by atoms with Gasteiger partial charge in [0.15, 0.2) is 0 Å². The fourth-order valence-corrected chi connectivity index (χ4v) is 9.72. The molecule has 2 heterocycles. The monoisotopic (exact) mass is 544 g/mol. The predicted octanol–water partition coefficient (Wildman–Crippen LogP) is 4.50. The number of piperidine rings is 1. The molecule has 0 amide bonds. The molecule has 2 aliphatic carbocycles. The van der Waals surface area contributed by atoms with E-state index in [0.29, 0.717) is 17.7 Å². The van der Waals surface area contributed by atoms with Crippen molar-refractivity contribution in [1.82, 2.24) is 9.21 Å². The average Bonchev–Trinajstić information content (AvgIpc) is 3.28. The molecular formula is C32H36N2O4S. The third-order valence-electron chi connectivity index (χ3n) is 10.0. The Morgan fingerprint density at radius 2 is 1.72 bits per heavy atom. The normalized spacial score (nSPS) is 29.2. The van der Waals surface area contributed by atoms with Gasteiger partial charge in [0.25, 0.3) is 0 Å². The van der Waals surface area contributed by atoms with E-state index in [-0.39, 0.29) is 23.3 Å². The number of nitrogens with zero attached hydrogens (tertiary/aromatic N) is 2. The Labute approximate surface area is 231 Å². The van der Waals surface area contributed by atoms with E-state index in [9.17, 15) is 13.5 Å². The molecule has 6 nitrogen and oxygen atoms in total. The van der Waals surface area contributed by atoms with E-state index in [1.165, 1.54) is 5.56 Å². The summed E-state index contributed by atoms with van der Waals surface area (Å²) < 4.78 is 35.6. The Morgan fingerprint density at radius 3 is 2.46 bits per heavy atom. The van der Waals surface area contributed by atoms with Gasteiger partial charge in [-0.2, -0.15) is 4.31 Å². The Bertz CT molecular complexity index is 1480. The average molecular weight is 545 g/mol. The van der Waals surface area contributed by atoms with E-state index in [1.807, 2.05) is 36.4 Å². The SMILES string of the molecule is CN([C@H]1CC[C@H]2[C@H]3Cc4c(O)ccc5c4[C@@]2(CCN3CCc2ccccc2)[C@H]1O5)S(=O)(=O)Cc1ccccc1. The van der Waals surface area contributed by atoms with Crippen molar-refractivity contribution in [2.45, 2.75) is 61.5 Å². The van der Waals surface area contributed by atoms with Crippen LogP contribution < -0.4 is 4.74 Å². The zero-order valence-corrected chi connectivity index (χ0v) is 23.2. The molecule has 1 N–H and O–H groups in total. The maximum atomic E-state index is 13.6. The quantitative estimate of drug-likeness (QED) is 0.474. The summed E-state index contributed by atoms with van der Waals surface area (Å²) in [4.78, 5) is 2.63. The van der Waals surface area contributed by atoms with Gasteiger partial charge in [-0.05, 0) is 67.8 Å². The summed E-state index contributed by atoms with van der Waals surface area (Å²) in [6, 6.07) is 23.8. The van der Waals surface area contributed by atoms with Crippen LogP contribution in [0.15, 0.2) is 72.8 Å². The van der Waals surface area contributed by atoms with Gasteiger partial charge in [-0.15, -0.1) is 0 Å². The Morgan fingerprint density at radius 1 is 1.00 bits per heavy atom. The van der Waals surface area contributed by atoms with Crippen molar-refractivity contribution in [3.63, 3.8) is 0 Å². The first kappa shape index (κ1) is 25.1. The number of likely N-dealkylation sites (tertiary alicyclic amines) is 1. The second-order valence-corrected chi connectivity index (χ2v) is 13.8. The van der Waals surface area contributed by atoms with Gasteiger partial charge in [0.05, 0.1) is 11.8 Å². The number of likely N-dealkylation sites (N-methyl/N-ethyl adjacent to an activating group) is 1. The molecule has 0 aromatic heterocycles. The first-order valence-corrected chi connectivity index (χ1v) is 15.8. The highest BCUT2D eigenvalue weighted by molar-refractivity contribution is 7.88. The maximum Gasteiger partial charge on any atom is 0.218 e. The van der Waals surface area contributed by atoms with Crippen LogP contribution in [0.2, 0.25) is 0 Å². The molecule has 7 rings (SSSR count). The highest BCUT2D eigenvalue weighted by Crippen LogP contribution is 2.63. The summed E-state index contributed by atoms with van der Waals surface area (Å²) in [5.74, 6) is 1.55. The molecule has 1 spiro atoms. The van der Waals surface area contributed by atoms with Crippen molar-refractivity contribution in [3.8, 4) is 11.5 Å². The molecule has 3 aromatic carbocycles. The number of sulfonamides is 1. The largest absolute Gasteiger partial charge is 0.508 e. The molecule has 3 aromatic rings. The number of phenols is 1. The van der Waals surface area contributed by atoms with Crippen molar-refractivity contribution >= 4 is 10.0 Å². The zero-order valence-electron chi connectivity index (χ0n) is 22.4. The van der Waals surface area contributed by atoms with E-state index in [2.05, 4.69) is 35.2 Å².